The van der Waals surface area contributed by atoms with Crippen molar-refractivity contribution in [1.82, 2.24) is 4.98 Å². The number of fused-ring (bicyclic) bond motifs is 1. The van der Waals surface area contributed by atoms with E-state index >= 15 is 0 Å². The van der Waals surface area contributed by atoms with Crippen LogP contribution in [-0.2, 0) is 6.42 Å². The number of aryl methyl sites for hydroxylation is 1. The van der Waals surface area contributed by atoms with Gasteiger partial charge in [-0.2, -0.15) is 0 Å². The van der Waals surface area contributed by atoms with Crippen molar-refractivity contribution in [2.45, 2.75) is 33.1 Å². The Kier molecular flexibility index (Phi) is 4.87. The van der Waals surface area contributed by atoms with E-state index in [-0.39, 0.29) is 0 Å². The van der Waals surface area contributed by atoms with E-state index in [2.05, 4.69) is 73.5 Å². The Morgan fingerprint density at radius 1 is 1.04 bits per heavy atom. The molecule has 1 heterocycles. The minimum Gasteiger partial charge on any atom is -0.261 e. The van der Waals surface area contributed by atoms with Crippen molar-refractivity contribution in [2.24, 2.45) is 0 Å². The minimum atomic E-state index is 1.02. The summed E-state index contributed by atoms with van der Waals surface area (Å²) >= 11 is 0. The summed E-state index contributed by atoms with van der Waals surface area (Å²) in [5, 5.41) is 0. The highest BCUT2D eigenvalue weighted by atomic mass is 14.7. The quantitative estimate of drug-likeness (QED) is 0.693. The van der Waals surface area contributed by atoms with Gasteiger partial charge in [-0.15, -0.1) is 0 Å². The van der Waals surface area contributed by atoms with Crippen molar-refractivity contribution in [2.75, 3.05) is 0 Å². The van der Waals surface area contributed by atoms with E-state index in [4.69, 9.17) is 0 Å². The van der Waals surface area contributed by atoms with E-state index in [1.54, 1.807) is 0 Å². The molecule has 0 saturated carbocycles. The van der Waals surface area contributed by atoms with Gasteiger partial charge >= 0.3 is 0 Å². The molecule has 1 nitrogen and oxygen atoms in total. The Hall–Kier alpha value is -2.41. The summed E-state index contributed by atoms with van der Waals surface area (Å²) in [6, 6.07) is 14.8. The van der Waals surface area contributed by atoms with Crippen LogP contribution in [0, 0.1) is 0 Å². The van der Waals surface area contributed by atoms with Crippen LogP contribution >= 0.6 is 0 Å². The van der Waals surface area contributed by atoms with E-state index in [1.165, 1.54) is 33.5 Å². The second-order valence-corrected chi connectivity index (χ2v) is 5.84. The highest BCUT2D eigenvalue weighted by molar-refractivity contribution is 5.94. The summed E-state index contributed by atoms with van der Waals surface area (Å²) in [6.45, 7) is 4.35. The summed E-state index contributed by atoms with van der Waals surface area (Å²) < 4.78 is 0. The lowest BCUT2D eigenvalue weighted by Crippen LogP contribution is -1.95. The molecule has 116 valence electrons. The average molecular weight is 301 g/mol. The van der Waals surface area contributed by atoms with E-state index in [9.17, 15) is 0 Å². The van der Waals surface area contributed by atoms with Gasteiger partial charge in [0.05, 0.1) is 0 Å². The van der Waals surface area contributed by atoms with Gasteiger partial charge in [-0.25, -0.2) is 0 Å². The van der Waals surface area contributed by atoms with E-state index in [0.717, 1.165) is 19.3 Å². The molecule has 23 heavy (non-hydrogen) atoms. The summed E-state index contributed by atoms with van der Waals surface area (Å²) in [5.41, 5.74) is 7.89. The highest BCUT2D eigenvalue weighted by Crippen LogP contribution is 2.36. The van der Waals surface area contributed by atoms with Gasteiger partial charge in [0.2, 0.25) is 0 Å². The Bertz CT molecular complexity index is 764. The molecule has 0 atom stereocenters. The predicted octanol–water partition coefficient (Wildman–Crippen LogP) is 5.85. The zero-order chi connectivity index (χ0) is 16.1. The Labute approximate surface area is 139 Å². The van der Waals surface area contributed by atoms with Gasteiger partial charge in [-0.1, -0.05) is 61.0 Å². The lowest BCUT2D eigenvalue weighted by atomic mass is 9.92. The highest BCUT2D eigenvalue weighted by Gasteiger charge is 2.19. The van der Waals surface area contributed by atoms with Crippen molar-refractivity contribution in [1.29, 1.82) is 0 Å². The molecule has 0 fully saturated rings. The molecule has 0 radical (unpaired) electrons. The second kappa shape index (κ2) is 7.23. The Balaban J connectivity index is 2.24. The number of pyridine rings is 1. The molecule has 1 heteroatoms. The fraction of sp³-hybridized carbons (Fsp3) is 0.227. The first-order chi connectivity index (χ1) is 11.3. The molecule has 3 rings (SSSR count). The molecule has 1 aliphatic carbocycles. The molecule has 0 amide bonds. The lowest BCUT2D eigenvalue weighted by Gasteiger charge is -2.13. The number of benzene rings is 1. The zero-order valence-electron chi connectivity index (χ0n) is 13.9. The van der Waals surface area contributed by atoms with E-state index < -0.39 is 0 Å². The van der Waals surface area contributed by atoms with Crippen LogP contribution in [0.15, 0.2) is 72.0 Å². The molecular formula is C22H23N. The SMILES string of the molecule is C/C=C\C1=C(CC)CCc2ncccc2/C1=C/c1ccccc1. The summed E-state index contributed by atoms with van der Waals surface area (Å²) in [4.78, 5) is 4.64. The third kappa shape index (κ3) is 3.34. The van der Waals surface area contributed by atoms with Crippen molar-refractivity contribution < 1.29 is 0 Å². The van der Waals surface area contributed by atoms with Crippen LogP contribution in [0.5, 0.6) is 0 Å². The Morgan fingerprint density at radius 2 is 1.87 bits per heavy atom. The number of hydrogen-bond donors (Lipinski definition) is 0. The molecule has 0 spiro atoms. The molecule has 0 unspecified atom stereocenters. The molecule has 0 saturated heterocycles. The number of hydrogen-bond acceptors (Lipinski definition) is 1. The van der Waals surface area contributed by atoms with Crippen LogP contribution < -0.4 is 0 Å². The van der Waals surface area contributed by atoms with Crippen LogP contribution in [0.25, 0.3) is 11.6 Å². The van der Waals surface area contributed by atoms with Gasteiger partial charge in [0, 0.05) is 17.5 Å². The average Bonchev–Trinajstić information content (AvgIpc) is 2.74. The van der Waals surface area contributed by atoms with Gasteiger partial charge in [-0.3, -0.25) is 4.98 Å². The van der Waals surface area contributed by atoms with Gasteiger partial charge in [0.15, 0.2) is 0 Å². The van der Waals surface area contributed by atoms with E-state index in [1.807, 2.05) is 12.3 Å². The minimum absolute atomic E-state index is 1.02. The molecular weight excluding hydrogens is 278 g/mol. The zero-order valence-corrected chi connectivity index (χ0v) is 13.9. The van der Waals surface area contributed by atoms with Crippen molar-refractivity contribution in [3.05, 3.63) is 88.8 Å². The van der Waals surface area contributed by atoms with E-state index in [0.29, 0.717) is 0 Å². The first kappa shape index (κ1) is 15.5. The molecule has 0 aliphatic heterocycles. The number of aromatic nitrogens is 1. The van der Waals surface area contributed by atoms with Gasteiger partial charge in [-0.05, 0) is 55.0 Å². The third-order valence-corrected chi connectivity index (χ3v) is 4.39. The van der Waals surface area contributed by atoms with Crippen LogP contribution in [0.4, 0.5) is 0 Å². The number of nitrogens with zero attached hydrogens (tertiary/aromatic N) is 1. The van der Waals surface area contributed by atoms with Crippen molar-refractivity contribution in [3.8, 4) is 0 Å². The second-order valence-electron chi connectivity index (χ2n) is 5.84. The lowest BCUT2D eigenvalue weighted by molar-refractivity contribution is 0.860. The normalized spacial score (nSPS) is 16.7. The van der Waals surface area contributed by atoms with Crippen LogP contribution in [0.3, 0.4) is 0 Å². The number of allylic oxidation sites excluding steroid dienone is 5. The fourth-order valence-corrected chi connectivity index (χ4v) is 3.23. The largest absolute Gasteiger partial charge is 0.261 e. The van der Waals surface area contributed by atoms with Crippen LogP contribution in [0.1, 0.15) is 43.5 Å². The molecule has 1 aromatic carbocycles. The molecule has 0 N–H and O–H groups in total. The van der Waals surface area contributed by atoms with Crippen LogP contribution in [-0.4, -0.2) is 4.98 Å². The fourth-order valence-electron chi connectivity index (χ4n) is 3.23. The van der Waals surface area contributed by atoms with Gasteiger partial charge in [0.1, 0.15) is 0 Å². The molecule has 1 aliphatic rings. The van der Waals surface area contributed by atoms with Gasteiger partial charge < -0.3 is 0 Å². The predicted molar refractivity (Wildman–Crippen MR) is 99.0 cm³/mol. The number of rotatable bonds is 3. The molecule has 0 bridgehead atoms. The summed E-state index contributed by atoms with van der Waals surface area (Å²) in [6.07, 6.45) is 11.8. The summed E-state index contributed by atoms with van der Waals surface area (Å²) in [5.74, 6) is 0. The van der Waals surface area contributed by atoms with Crippen molar-refractivity contribution >= 4 is 11.6 Å². The van der Waals surface area contributed by atoms with Crippen molar-refractivity contribution in [3.63, 3.8) is 0 Å². The Morgan fingerprint density at radius 3 is 2.61 bits per heavy atom. The standard InChI is InChI=1S/C22H23N/c1-3-9-19-18(4-2)13-14-22-20(12-8-15-23-22)21(19)16-17-10-6-5-7-11-17/h3,5-12,15-16H,4,13-14H2,1-2H3/b9-3-,21-16+. The summed E-state index contributed by atoms with van der Waals surface area (Å²) in [7, 11) is 0. The first-order valence-electron chi connectivity index (χ1n) is 8.39. The molecule has 1 aromatic heterocycles. The topological polar surface area (TPSA) is 12.9 Å². The van der Waals surface area contributed by atoms with Gasteiger partial charge in [0.25, 0.3) is 0 Å². The molecule has 2 aromatic rings. The maximum absolute atomic E-state index is 4.64. The van der Waals surface area contributed by atoms with Crippen LogP contribution in [0.2, 0.25) is 0 Å². The third-order valence-electron chi connectivity index (χ3n) is 4.39. The maximum Gasteiger partial charge on any atom is 0.0485 e. The smallest absolute Gasteiger partial charge is 0.0485 e. The monoisotopic (exact) mass is 301 g/mol. The maximum atomic E-state index is 4.64. The first-order valence-corrected chi connectivity index (χ1v) is 8.39.